The molecule has 0 spiro atoms. The molecule has 0 aromatic heterocycles. The van der Waals surface area contributed by atoms with Gasteiger partial charge < -0.3 is 10.6 Å². The molecular weight excluding hydrogens is 132 g/mol. The Balaban J connectivity index is 2.24. The van der Waals surface area contributed by atoms with Crippen LogP contribution >= 0.6 is 0 Å². The van der Waals surface area contributed by atoms with E-state index in [0.29, 0.717) is 6.54 Å². The van der Waals surface area contributed by atoms with Gasteiger partial charge in [0.1, 0.15) is 0 Å². The summed E-state index contributed by atoms with van der Waals surface area (Å²) in [5, 5.41) is 1.60. The lowest BCUT2D eigenvalue weighted by molar-refractivity contribution is -0.182. The molecule has 0 radical (unpaired) electrons. The van der Waals surface area contributed by atoms with E-state index in [-0.39, 0.29) is 12.0 Å². The molecule has 0 bridgehead atoms. The van der Waals surface area contributed by atoms with Gasteiger partial charge in [0.05, 0.1) is 6.54 Å². The van der Waals surface area contributed by atoms with E-state index in [2.05, 4.69) is 0 Å². The summed E-state index contributed by atoms with van der Waals surface area (Å²) in [5.74, 6) is -0.269. The Morgan fingerprint density at radius 2 is 2.50 bits per heavy atom. The molecule has 1 saturated heterocycles. The van der Waals surface area contributed by atoms with Crippen LogP contribution in [0.1, 0.15) is 13.3 Å². The lowest BCUT2D eigenvalue weighted by atomic mass is 10.3. The number of hydroxylamine groups is 2. The molecule has 1 unspecified atom stereocenters. The Bertz CT molecular complexity index is 138. The third-order valence-electron chi connectivity index (χ3n) is 1.45. The molecule has 1 fully saturated rings. The maximum absolute atomic E-state index is 10.4. The lowest BCUT2D eigenvalue weighted by Crippen LogP contribution is -2.28. The van der Waals surface area contributed by atoms with E-state index >= 15 is 0 Å². The van der Waals surface area contributed by atoms with Crippen molar-refractivity contribution < 1.29 is 9.63 Å². The van der Waals surface area contributed by atoms with Crippen molar-refractivity contribution in [3.05, 3.63) is 0 Å². The monoisotopic (exact) mass is 144 g/mol. The van der Waals surface area contributed by atoms with Crippen LogP contribution in [0.3, 0.4) is 0 Å². The first-order valence-corrected chi connectivity index (χ1v) is 3.37. The number of nitrogens with two attached hydrogens (primary N) is 1. The second-order valence-electron chi connectivity index (χ2n) is 2.52. The molecule has 4 nitrogen and oxygen atoms in total. The van der Waals surface area contributed by atoms with Gasteiger partial charge in [-0.1, -0.05) is 0 Å². The van der Waals surface area contributed by atoms with Gasteiger partial charge in [0.2, 0.25) is 0 Å². The summed E-state index contributed by atoms with van der Waals surface area (Å²) in [4.78, 5) is 15.2. The van der Waals surface area contributed by atoms with E-state index in [1.54, 1.807) is 5.06 Å². The first-order valence-electron chi connectivity index (χ1n) is 3.37. The molecule has 0 aliphatic carbocycles. The van der Waals surface area contributed by atoms with Crippen molar-refractivity contribution in [3.63, 3.8) is 0 Å². The van der Waals surface area contributed by atoms with Crippen LogP contribution in [0.25, 0.3) is 0 Å². The largest absolute Gasteiger partial charge is 0.368 e. The summed E-state index contributed by atoms with van der Waals surface area (Å²) < 4.78 is 0. The molecule has 1 aliphatic heterocycles. The maximum Gasteiger partial charge on any atom is 0.322 e. The molecule has 0 aromatic rings. The van der Waals surface area contributed by atoms with Crippen molar-refractivity contribution in [3.8, 4) is 0 Å². The number of rotatable bonds is 1. The number of carbonyl (C=O) groups is 1. The standard InChI is InChI=1S/C6H12N2O2/c1-5(9)10-8-3-2-6(7)4-8/h6H,2-4,7H2,1H3. The highest BCUT2D eigenvalue weighted by molar-refractivity contribution is 5.65. The minimum atomic E-state index is -0.269. The van der Waals surface area contributed by atoms with E-state index in [9.17, 15) is 4.79 Å². The maximum atomic E-state index is 10.4. The third kappa shape index (κ3) is 1.97. The Morgan fingerprint density at radius 1 is 1.80 bits per heavy atom. The summed E-state index contributed by atoms with van der Waals surface area (Å²) in [6.07, 6.45) is 0.910. The van der Waals surface area contributed by atoms with Gasteiger partial charge in [-0.15, -0.1) is 5.06 Å². The van der Waals surface area contributed by atoms with Crippen LogP contribution < -0.4 is 5.73 Å². The van der Waals surface area contributed by atoms with E-state index in [1.807, 2.05) is 0 Å². The van der Waals surface area contributed by atoms with Gasteiger partial charge >= 0.3 is 5.97 Å². The zero-order valence-corrected chi connectivity index (χ0v) is 6.04. The van der Waals surface area contributed by atoms with Crippen molar-refractivity contribution in [1.82, 2.24) is 5.06 Å². The summed E-state index contributed by atoms with van der Waals surface area (Å²) in [5.41, 5.74) is 5.57. The minimum absolute atomic E-state index is 0.166. The molecule has 58 valence electrons. The fourth-order valence-corrected chi connectivity index (χ4v) is 1.02. The first-order chi connectivity index (χ1) is 4.68. The van der Waals surface area contributed by atoms with Crippen LogP contribution in [0.4, 0.5) is 0 Å². The average molecular weight is 144 g/mol. The summed E-state index contributed by atoms with van der Waals surface area (Å²) in [6.45, 7) is 2.82. The zero-order valence-electron chi connectivity index (χ0n) is 6.04. The van der Waals surface area contributed by atoms with Gasteiger partial charge in [-0.2, -0.15) is 0 Å². The van der Waals surface area contributed by atoms with Crippen LogP contribution in [0.2, 0.25) is 0 Å². The normalized spacial score (nSPS) is 26.8. The van der Waals surface area contributed by atoms with Gasteiger partial charge in [0.25, 0.3) is 0 Å². The van der Waals surface area contributed by atoms with E-state index < -0.39 is 0 Å². The Kier molecular flexibility index (Phi) is 2.24. The van der Waals surface area contributed by atoms with Crippen molar-refractivity contribution in [2.24, 2.45) is 5.73 Å². The van der Waals surface area contributed by atoms with Crippen molar-refractivity contribution in [2.75, 3.05) is 13.1 Å². The molecular formula is C6H12N2O2. The summed E-state index contributed by atoms with van der Waals surface area (Å²) in [7, 11) is 0. The van der Waals surface area contributed by atoms with E-state index in [0.717, 1.165) is 13.0 Å². The molecule has 10 heavy (non-hydrogen) atoms. The topological polar surface area (TPSA) is 55.6 Å². The van der Waals surface area contributed by atoms with Crippen LogP contribution in [0.15, 0.2) is 0 Å². The van der Waals surface area contributed by atoms with Crippen molar-refractivity contribution in [2.45, 2.75) is 19.4 Å². The molecule has 4 heteroatoms. The summed E-state index contributed by atoms with van der Waals surface area (Å²) in [6, 6.07) is 0.166. The Morgan fingerprint density at radius 3 is 2.90 bits per heavy atom. The fourth-order valence-electron chi connectivity index (χ4n) is 1.02. The quantitative estimate of drug-likeness (QED) is 0.539. The summed E-state index contributed by atoms with van der Waals surface area (Å²) >= 11 is 0. The number of nitrogens with zero attached hydrogens (tertiary/aromatic N) is 1. The van der Waals surface area contributed by atoms with E-state index in [4.69, 9.17) is 10.6 Å². The second-order valence-corrected chi connectivity index (χ2v) is 2.52. The Hall–Kier alpha value is -0.610. The van der Waals surface area contributed by atoms with Crippen molar-refractivity contribution in [1.29, 1.82) is 0 Å². The van der Waals surface area contributed by atoms with Gasteiger partial charge in [-0.25, -0.2) is 0 Å². The van der Waals surface area contributed by atoms with Gasteiger partial charge in [-0.05, 0) is 6.42 Å². The SMILES string of the molecule is CC(=O)ON1CCC(N)C1. The van der Waals surface area contributed by atoms with Crippen LogP contribution in [0, 0.1) is 0 Å². The molecule has 1 rings (SSSR count). The predicted molar refractivity (Wildman–Crippen MR) is 35.9 cm³/mol. The van der Waals surface area contributed by atoms with Gasteiger partial charge in [-0.3, -0.25) is 4.79 Å². The highest BCUT2D eigenvalue weighted by Gasteiger charge is 2.20. The van der Waals surface area contributed by atoms with Crippen molar-refractivity contribution >= 4 is 5.97 Å². The average Bonchev–Trinajstić information content (AvgIpc) is 2.13. The Labute approximate surface area is 59.9 Å². The highest BCUT2D eigenvalue weighted by Crippen LogP contribution is 2.06. The van der Waals surface area contributed by atoms with E-state index in [1.165, 1.54) is 6.92 Å². The number of carbonyl (C=O) groups excluding carboxylic acids is 1. The zero-order chi connectivity index (χ0) is 7.56. The number of hydrogen-bond acceptors (Lipinski definition) is 4. The molecule has 1 aliphatic rings. The smallest absolute Gasteiger partial charge is 0.322 e. The van der Waals surface area contributed by atoms with Crippen LogP contribution in [0.5, 0.6) is 0 Å². The fraction of sp³-hybridized carbons (Fsp3) is 0.833. The molecule has 1 heterocycles. The highest BCUT2D eigenvalue weighted by atomic mass is 16.7. The number of hydrogen-bond donors (Lipinski definition) is 1. The minimum Gasteiger partial charge on any atom is -0.368 e. The first kappa shape index (κ1) is 7.50. The van der Waals surface area contributed by atoms with Crippen LogP contribution in [-0.2, 0) is 9.63 Å². The molecule has 0 saturated carbocycles. The third-order valence-corrected chi connectivity index (χ3v) is 1.45. The van der Waals surface area contributed by atoms with Crippen LogP contribution in [-0.4, -0.2) is 30.2 Å². The molecule has 2 N–H and O–H groups in total. The molecule has 0 amide bonds. The predicted octanol–water partition coefficient (Wildman–Crippen LogP) is -0.502. The lowest BCUT2D eigenvalue weighted by Gasteiger charge is -2.12. The van der Waals surface area contributed by atoms with Gasteiger partial charge in [0, 0.05) is 19.5 Å². The molecule has 0 aromatic carbocycles. The molecule has 1 atom stereocenters. The van der Waals surface area contributed by atoms with Gasteiger partial charge in [0.15, 0.2) is 0 Å². The second kappa shape index (κ2) is 2.98.